The molecule has 0 amide bonds. The molecule has 0 rings (SSSR count). The molecule has 0 aromatic heterocycles. The first kappa shape index (κ1) is 11.8. The van der Waals surface area contributed by atoms with E-state index in [9.17, 15) is 0 Å². The Morgan fingerprint density at radius 2 is 2.09 bits per heavy atom. The summed E-state index contributed by atoms with van der Waals surface area (Å²) in [4.78, 5) is 0. The fourth-order valence-corrected chi connectivity index (χ4v) is 1.82. The van der Waals surface area contributed by atoms with Gasteiger partial charge in [0.15, 0.2) is 0 Å². The van der Waals surface area contributed by atoms with Crippen molar-refractivity contribution in [3.8, 4) is 0 Å². The Morgan fingerprint density at radius 3 is 2.36 bits per heavy atom. The third-order valence-corrected chi connectivity index (χ3v) is 3.94. The van der Waals surface area contributed by atoms with Crippen LogP contribution in [0, 0.1) is 0 Å². The second-order valence-corrected chi connectivity index (χ2v) is 4.36. The lowest BCUT2D eigenvalue weighted by atomic mass is 10.1. The number of halogens is 2. The van der Waals surface area contributed by atoms with Crippen molar-refractivity contribution in [1.82, 2.24) is 0 Å². The van der Waals surface area contributed by atoms with Crippen molar-refractivity contribution in [2.75, 3.05) is 0 Å². The summed E-state index contributed by atoms with van der Waals surface area (Å²) in [6.07, 6.45) is 2.51. The molecule has 0 heterocycles. The van der Waals surface area contributed by atoms with Gasteiger partial charge in [-0.25, -0.2) is 0 Å². The number of hydrogen-bond donors (Lipinski definition) is 0. The van der Waals surface area contributed by atoms with E-state index in [4.69, 9.17) is 27.6 Å². The minimum atomic E-state index is -0.491. The van der Waals surface area contributed by atoms with Gasteiger partial charge in [-0.15, -0.1) is 11.6 Å². The first-order chi connectivity index (χ1) is 5.08. The van der Waals surface area contributed by atoms with Gasteiger partial charge in [-0.2, -0.15) is 0 Å². The summed E-state index contributed by atoms with van der Waals surface area (Å²) in [5.74, 6) is 0. The summed E-state index contributed by atoms with van der Waals surface area (Å²) in [5, 5.41) is -0.351. The van der Waals surface area contributed by atoms with Crippen molar-refractivity contribution < 1.29 is 4.43 Å². The van der Waals surface area contributed by atoms with Crippen LogP contribution in [0.4, 0.5) is 0 Å². The van der Waals surface area contributed by atoms with E-state index in [0.29, 0.717) is 10.5 Å². The molecule has 0 fully saturated rings. The van der Waals surface area contributed by atoms with Crippen LogP contribution in [0.5, 0.6) is 0 Å². The van der Waals surface area contributed by atoms with Crippen molar-refractivity contribution in [2.24, 2.45) is 0 Å². The van der Waals surface area contributed by atoms with E-state index in [0.717, 1.165) is 19.3 Å². The topological polar surface area (TPSA) is 9.23 Å². The highest BCUT2D eigenvalue weighted by molar-refractivity contribution is 6.26. The van der Waals surface area contributed by atoms with Gasteiger partial charge in [0.25, 0.3) is 0 Å². The average Bonchev–Trinajstić information content (AvgIpc) is 2.04. The van der Waals surface area contributed by atoms with Crippen LogP contribution in [0.1, 0.15) is 33.1 Å². The zero-order valence-corrected chi connectivity index (χ0v) is 10.9. The van der Waals surface area contributed by atoms with Crippen LogP contribution in [0.3, 0.4) is 0 Å². The molecule has 1 nitrogen and oxygen atoms in total. The van der Waals surface area contributed by atoms with Gasteiger partial charge in [-0.05, 0) is 12.8 Å². The van der Waals surface area contributed by atoms with Crippen LogP contribution in [-0.4, -0.2) is 20.9 Å². The van der Waals surface area contributed by atoms with E-state index in [1.807, 2.05) is 6.92 Å². The molecular weight excluding hydrogens is 199 g/mol. The van der Waals surface area contributed by atoms with E-state index in [1.165, 1.54) is 0 Å². The predicted octanol–water partition coefficient (Wildman–Crippen LogP) is 2.04. The van der Waals surface area contributed by atoms with Gasteiger partial charge in [0.2, 0.25) is 0 Å². The fourth-order valence-electron chi connectivity index (χ4n) is 0.847. The first-order valence-electron chi connectivity index (χ1n) is 3.96. The summed E-state index contributed by atoms with van der Waals surface area (Å²) in [6, 6.07) is 0. The molecule has 2 atom stereocenters. The molecule has 11 heavy (non-hydrogen) atoms. The Morgan fingerprint density at radius 1 is 1.55 bits per heavy atom. The standard InChI is InChI=1S/C7H16Cl2OSi/c1-3-6(8)5-7(9,4-2)10-11/h6H,3-5H2,1-2,11H3. The molecule has 0 aliphatic rings. The first-order valence-corrected chi connectivity index (χ1v) is 5.59. The van der Waals surface area contributed by atoms with Gasteiger partial charge in [-0.1, -0.05) is 25.4 Å². The second kappa shape index (κ2) is 5.41. The summed E-state index contributed by atoms with van der Waals surface area (Å²) in [6.45, 7) is 4.07. The van der Waals surface area contributed by atoms with Crippen molar-refractivity contribution in [1.29, 1.82) is 0 Å². The fraction of sp³-hybridized carbons (Fsp3) is 1.00. The molecule has 0 saturated carbocycles. The molecule has 68 valence electrons. The molecular formula is C7H16Cl2OSi. The van der Waals surface area contributed by atoms with Crippen LogP contribution < -0.4 is 0 Å². The highest BCUT2D eigenvalue weighted by atomic mass is 35.5. The maximum atomic E-state index is 6.11. The third-order valence-electron chi connectivity index (χ3n) is 1.86. The maximum Gasteiger partial charge on any atom is 0.148 e. The number of hydrogen-bond acceptors (Lipinski definition) is 1. The van der Waals surface area contributed by atoms with Crippen LogP contribution in [-0.2, 0) is 4.43 Å². The Bertz CT molecular complexity index is 107. The van der Waals surface area contributed by atoms with E-state index in [-0.39, 0.29) is 5.38 Å². The smallest absolute Gasteiger partial charge is 0.148 e. The summed E-state index contributed by atoms with van der Waals surface area (Å²) in [7, 11) is 0.674. The lowest BCUT2D eigenvalue weighted by Crippen LogP contribution is -2.27. The highest BCUT2D eigenvalue weighted by Gasteiger charge is 2.26. The minimum absolute atomic E-state index is 0.140. The molecule has 0 spiro atoms. The average molecular weight is 215 g/mol. The summed E-state index contributed by atoms with van der Waals surface area (Å²) in [5.41, 5.74) is 0. The van der Waals surface area contributed by atoms with Crippen molar-refractivity contribution in [2.45, 2.75) is 43.5 Å². The zero-order valence-electron chi connectivity index (χ0n) is 7.36. The molecule has 2 unspecified atom stereocenters. The summed E-state index contributed by atoms with van der Waals surface area (Å²) < 4.78 is 5.28. The van der Waals surface area contributed by atoms with E-state index in [2.05, 4.69) is 6.92 Å². The molecule has 0 aromatic rings. The largest absolute Gasteiger partial charge is 0.410 e. The van der Waals surface area contributed by atoms with Crippen molar-refractivity contribution in [3.05, 3.63) is 0 Å². The molecule has 0 saturated heterocycles. The molecule has 4 heteroatoms. The molecule has 0 aliphatic carbocycles. The monoisotopic (exact) mass is 214 g/mol. The van der Waals surface area contributed by atoms with E-state index < -0.39 is 5.06 Å². The molecule has 0 N–H and O–H groups in total. The van der Waals surface area contributed by atoms with E-state index in [1.54, 1.807) is 0 Å². The zero-order chi connectivity index (χ0) is 8.91. The molecule has 0 bridgehead atoms. The molecule has 0 radical (unpaired) electrons. The van der Waals surface area contributed by atoms with E-state index >= 15 is 0 Å². The van der Waals surface area contributed by atoms with Gasteiger partial charge < -0.3 is 4.43 Å². The normalized spacial score (nSPS) is 19.6. The van der Waals surface area contributed by atoms with Crippen molar-refractivity contribution in [3.63, 3.8) is 0 Å². The van der Waals surface area contributed by atoms with Gasteiger partial charge in [0, 0.05) is 11.8 Å². The quantitative estimate of drug-likeness (QED) is 0.503. The number of alkyl halides is 2. The Balaban J connectivity index is 3.86. The van der Waals surface area contributed by atoms with Crippen LogP contribution >= 0.6 is 23.2 Å². The number of rotatable bonds is 5. The lowest BCUT2D eigenvalue weighted by Gasteiger charge is -2.26. The predicted molar refractivity (Wildman–Crippen MR) is 54.4 cm³/mol. The Kier molecular flexibility index (Phi) is 5.78. The minimum Gasteiger partial charge on any atom is -0.410 e. The lowest BCUT2D eigenvalue weighted by molar-refractivity contribution is 0.156. The van der Waals surface area contributed by atoms with Crippen LogP contribution in [0.25, 0.3) is 0 Å². The third kappa shape index (κ3) is 4.36. The Hall–Kier alpha value is 0.757. The van der Waals surface area contributed by atoms with Gasteiger partial charge in [0.05, 0.1) is 0 Å². The maximum absolute atomic E-state index is 6.11. The van der Waals surface area contributed by atoms with Crippen LogP contribution in [0.2, 0.25) is 0 Å². The van der Waals surface area contributed by atoms with Crippen LogP contribution in [0.15, 0.2) is 0 Å². The summed E-state index contributed by atoms with van der Waals surface area (Å²) >= 11 is 12.1. The van der Waals surface area contributed by atoms with Gasteiger partial charge >= 0.3 is 0 Å². The highest BCUT2D eigenvalue weighted by Crippen LogP contribution is 2.28. The SMILES string of the molecule is CCC(Cl)CC(Cl)(CC)O[SiH3]. The van der Waals surface area contributed by atoms with Gasteiger partial charge in [0.1, 0.15) is 15.5 Å². The molecule has 0 aromatic carbocycles. The second-order valence-electron chi connectivity index (χ2n) is 2.65. The molecule has 0 aliphatic heterocycles. The van der Waals surface area contributed by atoms with Crippen molar-refractivity contribution >= 4 is 33.7 Å². The van der Waals surface area contributed by atoms with Gasteiger partial charge in [-0.3, -0.25) is 0 Å². The Labute approximate surface area is 81.9 Å².